The second kappa shape index (κ2) is 7.25. The highest BCUT2D eigenvalue weighted by Gasteiger charge is 2.34. The Bertz CT molecular complexity index is 715. The number of aromatic nitrogens is 2. The molecule has 2 rings (SSSR count). The number of halogens is 4. The van der Waals surface area contributed by atoms with E-state index < -0.39 is 11.7 Å². The van der Waals surface area contributed by atoms with Gasteiger partial charge in [0.15, 0.2) is 0 Å². The summed E-state index contributed by atoms with van der Waals surface area (Å²) in [4.78, 5) is 10.6. The number of nitrogens with zero attached hydrogens (tertiary/aromatic N) is 3. The lowest BCUT2D eigenvalue weighted by atomic mass is 10.1. The molecule has 4 nitrogen and oxygen atoms in total. The van der Waals surface area contributed by atoms with Gasteiger partial charge in [0.1, 0.15) is 5.82 Å². The van der Waals surface area contributed by atoms with Gasteiger partial charge < -0.3 is 10.2 Å². The highest BCUT2D eigenvalue weighted by Crippen LogP contribution is 2.37. The standard InChI is InChI=1S/C16H18ClF3N4/c1-4-24(5-2)15-21-10(3)8-14(23-15)22-13-7-6-11(17)9-12(13)16(18,19)20/h6-9H,4-5H2,1-3H3,(H,21,22,23). The Morgan fingerprint density at radius 1 is 1.12 bits per heavy atom. The molecule has 0 aliphatic rings. The summed E-state index contributed by atoms with van der Waals surface area (Å²) in [5.74, 6) is 0.780. The molecule has 0 spiro atoms. The molecule has 1 N–H and O–H groups in total. The third kappa shape index (κ3) is 4.29. The second-order valence-electron chi connectivity index (χ2n) is 5.18. The van der Waals surface area contributed by atoms with Crippen molar-refractivity contribution in [2.75, 3.05) is 23.3 Å². The fraction of sp³-hybridized carbons (Fsp3) is 0.375. The monoisotopic (exact) mass is 358 g/mol. The molecule has 0 aliphatic carbocycles. The van der Waals surface area contributed by atoms with Gasteiger partial charge in [0.05, 0.1) is 11.3 Å². The highest BCUT2D eigenvalue weighted by atomic mass is 35.5. The van der Waals surface area contributed by atoms with Gasteiger partial charge >= 0.3 is 6.18 Å². The Labute approximate surface area is 143 Å². The van der Waals surface area contributed by atoms with Crippen molar-refractivity contribution < 1.29 is 13.2 Å². The van der Waals surface area contributed by atoms with Gasteiger partial charge in [-0.15, -0.1) is 0 Å². The molecule has 0 saturated heterocycles. The summed E-state index contributed by atoms with van der Waals surface area (Å²) in [5.41, 5.74) is -0.275. The molecule has 0 amide bonds. The van der Waals surface area contributed by atoms with Crippen LogP contribution in [0.5, 0.6) is 0 Å². The predicted octanol–water partition coefficient (Wildman–Crippen LogP) is 5.05. The largest absolute Gasteiger partial charge is 0.418 e. The molecular weight excluding hydrogens is 341 g/mol. The number of anilines is 3. The van der Waals surface area contributed by atoms with Crippen LogP contribution in [0.1, 0.15) is 25.1 Å². The van der Waals surface area contributed by atoms with Crippen molar-refractivity contribution in [2.24, 2.45) is 0 Å². The number of aryl methyl sites for hydroxylation is 1. The molecule has 8 heteroatoms. The number of hydrogen-bond acceptors (Lipinski definition) is 4. The minimum Gasteiger partial charge on any atom is -0.341 e. The molecule has 0 saturated carbocycles. The van der Waals surface area contributed by atoms with Crippen LogP contribution in [0.2, 0.25) is 5.02 Å². The van der Waals surface area contributed by atoms with Gasteiger partial charge in [-0.1, -0.05) is 11.6 Å². The van der Waals surface area contributed by atoms with Gasteiger partial charge in [-0.3, -0.25) is 0 Å². The molecule has 0 radical (unpaired) electrons. The Morgan fingerprint density at radius 3 is 2.38 bits per heavy atom. The van der Waals surface area contributed by atoms with Crippen LogP contribution in [0, 0.1) is 6.92 Å². The average Bonchev–Trinajstić information content (AvgIpc) is 2.49. The molecule has 2 aromatic rings. The van der Waals surface area contributed by atoms with E-state index in [9.17, 15) is 13.2 Å². The van der Waals surface area contributed by atoms with Crippen molar-refractivity contribution >= 4 is 29.1 Å². The van der Waals surface area contributed by atoms with Crippen LogP contribution in [-0.4, -0.2) is 23.1 Å². The first-order valence-electron chi connectivity index (χ1n) is 7.49. The molecule has 130 valence electrons. The second-order valence-corrected chi connectivity index (χ2v) is 5.62. The van der Waals surface area contributed by atoms with Gasteiger partial charge in [-0.25, -0.2) is 4.98 Å². The molecule has 0 bridgehead atoms. The summed E-state index contributed by atoms with van der Waals surface area (Å²) >= 11 is 5.70. The summed E-state index contributed by atoms with van der Waals surface area (Å²) in [6.45, 7) is 7.10. The van der Waals surface area contributed by atoms with Gasteiger partial charge in [-0.2, -0.15) is 18.2 Å². The van der Waals surface area contributed by atoms with E-state index in [-0.39, 0.29) is 10.7 Å². The van der Waals surface area contributed by atoms with Crippen LogP contribution in [0.15, 0.2) is 24.3 Å². The maximum absolute atomic E-state index is 13.2. The topological polar surface area (TPSA) is 41.1 Å². The zero-order chi connectivity index (χ0) is 17.9. The van der Waals surface area contributed by atoms with Gasteiger partial charge in [-0.05, 0) is 39.0 Å². The summed E-state index contributed by atoms with van der Waals surface area (Å²) in [7, 11) is 0. The number of nitrogens with one attached hydrogen (secondary N) is 1. The van der Waals surface area contributed by atoms with E-state index in [1.807, 2.05) is 18.7 Å². The zero-order valence-corrected chi connectivity index (χ0v) is 14.3. The van der Waals surface area contributed by atoms with Crippen molar-refractivity contribution in [1.82, 2.24) is 9.97 Å². The Kier molecular flexibility index (Phi) is 5.54. The van der Waals surface area contributed by atoms with Crippen LogP contribution in [0.25, 0.3) is 0 Å². The smallest absolute Gasteiger partial charge is 0.341 e. The molecule has 1 aromatic carbocycles. The quantitative estimate of drug-likeness (QED) is 0.812. The van der Waals surface area contributed by atoms with Gasteiger partial charge in [0, 0.05) is 29.9 Å². The highest BCUT2D eigenvalue weighted by molar-refractivity contribution is 6.30. The summed E-state index contributed by atoms with van der Waals surface area (Å²) < 4.78 is 39.6. The third-order valence-electron chi connectivity index (χ3n) is 3.44. The van der Waals surface area contributed by atoms with E-state index in [4.69, 9.17) is 11.6 Å². The molecule has 1 heterocycles. The summed E-state index contributed by atoms with van der Waals surface area (Å²) in [6, 6.07) is 5.18. The predicted molar refractivity (Wildman–Crippen MR) is 90.1 cm³/mol. The number of rotatable bonds is 5. The van der Waals surface area contributed by atoms with E-state index in [0.29, 0.717) is 30.5 Å². The third-order valence-corrected chi connectivity index (χ3v) is 3.67. The molecular formula is C16H18ClF3N4. The molecule has 0 fully saturated rings. The van der Waals surface area contributed by atoms with E-state index in [1.165, 1.54) is 12.1 Å². The summed E-state index contributed by atoms with van der Waals surface area (Å²) in [5, 5.41) is 2.76. The Morgan fingerprint density at radius 2 is 1.79 bits per heavy atom. The average molecular weight is 359 g/mol. The van der Waals surface area contributed by atoms with Crippen LogP contribution in [0.4, 0.5) is 30.6 Å². The minimum absolute atomic E-state index is 0.0237. The van der Waals surface area contributed by atoms with Gasteiger partial charge in [0.2, 0.25) is 5.95 Å². The maximum atomic E-state index is 13.2. The normalized spacial score (nSPS) is 11.5. The van der Waals surface area contributed by atoms with E-state index in [0.717, 1.165) is 6.07 Å². The summed E-state index contributed by atoms with van der Waals surface area (Å²) in [6.07, 6.45) is -4.52. The minimum atomic E-state index is -4.52. The number of benzene rings is 1. The maximum Gasteiger partial charge on any atom is 0.418 e. The Hall–Kier alpha value is -2.02. The fourth-order valence-corrected chi connectivity index (χ4v) is 2.43. The van der Waals surface area contributed by atoms with Crippen molar-refractivity contribution in [2.45, 2.75) is 26.9 Å². The van der Waals surface area contributed by atoms with E-state index in [1.54, 1.807) is 13.0 Å². The van der Waals surface area contributed by atoms with Crippen molar-refractivity contribution in [3.05, 3.63) is 40.5 Å². The fourth-order valence-electron chi connectivity index (χ4n) is 2.26. The molecule has 0 unspecified atom stereocenters. The van der Waals surface area contributed by atoms with Gasteiger partial charge in [0.25, 0.3) is 0 Å². The first-order chi connectivity index (χ1) is 11.2. The first-order valence-corrected chi connectivity index (χ1v) is 7.86. The van der Waals surface area contributed by atoms with Crippen molar-refractivity contribution in [3.63, 3.8) is 0 Å². The first kappa shape index (κ1) is 18.3. The molecule has 0 atom stereocenters. The van der Waals surface area contributed by atoms with Crippen molar-refractivity contribution in [3.8, 4) is 0 Å². The van der Waals surface area contributed by atoms with E-state index >= 15 is 0 Å². The SMILES string of the molecule is CCN(CC)c1nc(C)cc(Nc2ccc(Cl)cc2C(F)(F)F)n1. The van der Waals surface area contributed by atoms with Crippen LogP contribution in [0.3, 0.4) is 0 Å². The number of hydrogen-bond donors (Lipinski definition) is 1. The van der Waals surface area contributed by atoms with Crippen LogP contribution >= 0.6 is 11.6 Å². The lowest BCUT2D eigenvalue weighted by molar-refractivity contribution is -0.136. The molecule has 1 aromatic heterocycles. The Balaban J connectivity index is 2.42. The molecule has 24 heavy (non-hydrogen) atoms. The number of alkyl halides is 3. The zero-order valence-electron chi connectivity index (χ0n) is 13.6. The lowest BCUT2D eigenvalue weighted by Gasteiger charge is -2.20. The van der Waals surface area contributed by atoms with Crippen LogP contribution in [-0.2, 0) is 6.18 Å². The van der Waals surface area contributed by atoms with Crippen molar-refractivity contribution in [1.29, 1.82) is 0 Å². The van der Waals surface area contributed by atoms with Crippen LogP contribution < -0.4 is 10.2 Å². The van der Waals surface area contributed by atoms with E-state index in [2.05, 4.69) is 15.3 Å². The molecule has 0 aliphatic heterocycles. The lowest BCUT2D eigenvalue weighted by Crippen LogP contribution is -2.24.